The van der Waals surface area contributed by atoms with Crippen molar-refractivity contribution in [3.05, 3.63) is 59.9 Å². The minimum Gasteiger partial charge on any atom is -0.491 e. The van der Waals surface area contributed by atoms with E-state index < -0.39 is 6.10 Å². The molecule has 0 radical (unpaired) electrons. The summed E-state index contributed by atoms with van der Waals surface area (Å²) in [5, 5.41) is 12.9. The van der Waals surface area contributed by atoms with Gasteiger partial charge in [-0.3, -0.25) is 9.69 Å². The molecule has 0 heterocycles. The molecule has 2 aromatic carbocycles. The van der Waals surface area contributed by atoms with E-state index in [2.05, 4.69) is 5.32 Å². The maximum atomic E-state index is 12.8. The second-order valence-corrected chi connectivity index (χ2v) is 6.17. The van der Waals surface area contributed by atoms with Crippen LogP contribution in [0.25, 0.3) is 0 Å². The van der Waals surface area contributed by atoms with E-state index in [4.69, 9.17) is 4.74 Å². The predicted octanol–water partition coefficient (Wildman–Crippen LogP) is 2.70. The zero-order valence-corrected chi connectivity index (χ0v) is 15.1. The molecule has 140 valence electrons. The Bertz CT molecular complexity index is 706. The summed E-state index contributed by atoms with van der Waals surface area (Å²) in [6, 6.07) is 13.3. The number of aryl methyl sites for hydroxylation is 1. The van der Waals surface area contributed by atoms with Crippen LogP contribution >= 0.6 is 0 Å². The Balaban J connectivity index is 1.75. The van der Waals surface area contributed by atoms with Gasteiger partial charge in [-0.05, 0) is 49.4 Å². The highest BCUT2D eigenvalue weighted by molar-refractivity contribution is 5.92. The van der Waals surface area contributed by atoms with Gasteiger partial charge in [0.1, 0.15) is 24.3 Å². The lowest BCUT2D eigenvalue weighted by molar-refractivity contribution is -0.117. The topological polar surface area (TPSA) is 61.8 Å². The third-order valence-electron chi connectivity index (χ3n) is 3.86. The van der Waals surface area contributed by atoms with Crippen LogP contribution in [0, 0.1) is 5.82 Å². The molecule has 0 unspecified atom stereocenters. The molecule has 2 aromatic rings. The number of ether oxygens (including phenoxy) is 1. The number of halogens is 1. The summed E-state index contributed by atoms with van der Waals surface area (Å²) < 4.78 is 18.2. The Labute approximate surface area is 153 Å². The highest BCUT2D eigenvalue weighted by Crippen LogP contribution is 2.15. The van der Waals surface area contributed by atoms with Gasteiger partial charge in [-0.25, -0.2) is 4.39 Å². The van der Waals surface area contributed by atoms with Crippen LogP contribution in [0.1, 0.15) is 12.5 Å². The summed E-state index contributed by atoms with van der Waals surface area (Å²) in [5.74, 6) is 0.00959. The van der Waals surface area contributed by atoms with Gasteiger partial charge in [0, 0.05) is 12.2 Å². The van der Waals surface area contributed by atoms with Gasteiger partial charge in [0.15, 0.2) is 0 Å². The van der Waals surface area contributed by atoms with Gasteiger partial charge in [-0.2, -0.15) is 0 Å². The number of carbonyl (C=O) groups is 1. The third-order valence-corrected chi connectivity index (χ3v) is 3.86. The summed E-state index contributed by atoms with van der Waals surface area (Å²) in [6.07, 6.45) is 0.0759. The van der Waals surface area contributed by atoms with E-state index in [1.165, 1.54) is 24.3 Å². The van der Waals surface area contributed by atoms with Crippen LogP contribution in [0.4, 0.5) is 10.1 Å². The molecular formula is C20H25FN2O3. The number of nitrogens with one attached hydrogen (secondary N) is 1. The number of likely N-dealkylation sites (N-methyl/N-ethyl adjacent to an activating group) is 1. The maximum absolute atomic E-state index is 12.8. The number of aliphatic hydroxyl groups is 1. The van der Waals surface area contributed by atoms with Gasteiger partial charge in [0.2, 0.25) is 5.91 Å². The molecule has 1 atom stereocenters. The van der Waals surface area contributed by atoms with Gasteiger partial charge >= 0.3 is 0 Å². The Morgan fingerprint density at radius 2 is 1.92 bits per heavy atom. The number of nitrogens with zero attached hydrogens (tertiary/aromatic N) is 1. The van der Waals surface area contributed by atoms with Crippen molar-refractivity contribution in [3.63, 3.8) is 0 Å². The first-order valence-electron chi connectivity index (χ1n) is 8.60. The van der Waals surface area contributed by atoms with Crippen LogP contribution in [0.3, 0.4) is 0 Å². The second kappa shape index (κ2) is 9.89. The van der Waals surface area contributed by atoms with E-state index >= 15 is 0 Å². The van der Waals surface area contributed by atoms with Crippen LogP contribution in [0.5, 0.6) is 5.75 Å². The number of benzene rings is 2. The standard InChI is InChI=1S/C20H25FN2O3/c1-3-15-6-4-5-7-19(15)22-20(25)13-23(2)12-17(24)14-26-18-10-8-16(21)9-11-18/h4-11,17,24H,3,12-14H2,1-2H3,(H,22,25)/t17-/m0/s1. The average Bonchev–Trinajstić information content (AvgIpc) is 2.61. The van der Waals surface area contributed by atoms with Crippen LogP contribution in [-0.4, -0.2) is 48.8 Å². The van der Waals surface area contributed by atoms with Crippen molar-refractivity contribution in [2.75, 3.05) is 32.1 Å². The van der Waals surface area contributed by atoms with Gasteiger partial charge < -0.3 is 15.2 Å². The zero-order chi connectivity index (χ0) is 18.9. The fourth-order valence-electron chi connectivity index (χ4n) is 2.59. The van der Waals surface area contributed by atoms with Crippen molar-refractivity contribution in [2.45, 2.75) is 19.4 Å². The average molecular weight is 360 g/mol. The number of aliphatic hydroxyl groups excluding tert-OH is 1. The minimum absolute atomic E-state index is 0.0657. The Hall–Kier alpha value is -2.44. The molecular weight excluding hydrogens is 335 g/mol. The summed E-state index contributed by atoms with van der Waals surface area (Å²) in [5.41, 5.74) is 1.89. The lowest BCUT2D eigenvalue weighted by Gasteiger charge is -2.20. The maximum Gasteiger partial charge on any atom is 0.238 e. The van der Waals surface area contributed by atoms with Crippen LogP contribution < -0.4 is 10.1 Å². The van der Waals surface area contributed by atoms with Gasteiger partial charge in [0.05, 0.1) is 6.54 Å². The Morgan fingerprint density at radius 3 is 2.62 bits per heavy atom. The normalized spacial score (nSPS) is 12.0. The zero-order valence-electron chi connectivity index (χ0n) is 15.1. The smallest absolute Gasteiger partial charge is 0.238 e. The number of hydrogen-bond donors (Lipinski definition) is 2. The highest BCUT2D eigenvalue weighted by atomic mass is 19.1. The minimum atomic E-state index is -0.763. The third kappa shape index (κ3) is 6.46. The molecule has 0 aliphatic rings. The Kier molecular flexibility index (Phi) is 7.56. The molecule has 0 aromatic heterocycles. The molecule has 0 aliphatic carbocycles. The van der Waals surface area contributed by atoms with Gasteiger partial charge in [-0.15, -0.1) is 0 Å². The molecule has 2 N–H and O–H groups in total. The highest BCUT2D eigenvalue weighted by Gasteiger charge is 2.13. The van der Waals surface area contributed by atoms with Crippen molar-refractivity contribution < 1.29 is 19.0 Å². The lowest BCUT2D eigenvalue weighted by Crippen LogP contribution is -2.37. The van der Waals surface area contributed by atoms with E-state index in [9.17, 15) is 14.3 Å². The largest absolute Gasteiger partial charge is 0.491 e. The van der Waals surface area contributed by atoms with Crippen molar-refractivity contribution in [3.8, 4) is 5.75 Å². The first-order chi connectivity index (χ1) is 12.5. The van der Waals surface area contributed by atoms with Gasteiger partial charge in [-0.1, -0.05) is 25.1 Å². The van der Waals surface area contributed by atoms with E-state index in [1.807, 2.05) is 31.2 Å². The Morgan fingerprint density at radius 1 is 1.23 bits per heavy atom. The molecule has 0 fully saturated rings. The van der Waals surface area contributed by atoms with Crippen LogP contribution in [0.15, 0.2) is 48.5 Å². The second-order valence-electron chi connectivity index (χ2n) is 6.17. The first kappa shape index (κ1) is 19.9. The molecule has 0 saturated carbocycles. The SMILES string of the molecule is CCc1ccccc1NC(=O)CN(C)C[C@H](O)COc1ccc(F)cc1. The molecule has 5 nitrogen and oxygen atoms in total. The lowest BCUT2D eigenvalue weighted by atomic mass is 10.1. The van der Waals surface area contributed by atoms with E-state index in [0.29, 0.717) is 5.75 Å². The van der Waals surface area contributed by atoms with E-state index in [-0.39, 0.29) is 31.4 Å². The first-order valence-corrected chi connectivity index (χ1v) is 8.60. The molecule has 0 spiro atoms. The molecule has 6 heteroatoms. The van der Waals surface area contributed by atoms with Crippen LogP contribution in [-0.2, 0) is 11.2 Å². The summed E-state index contributed by atoms with van der Waals surface area (Å²) in [7, 11) is 1.76. The molecule has 26 heavy (non-hydrogen) atoms. The van der Waals surface area contributed by atoms with Crippen molar-refractivity contribution in [1.29, 1.82) is 0 Å². The number of para-hydroxylation sites is 1. The van der Waals surface area contributed by atoms with E-state index in [1.54, 1.807) is 11.9 Å². The van der Waals surface area contributed by atoms with Crippen LogP contribution in [0.2, 0.25) is 0 Å². The number of anilines is 1. The molecule has 0 aliphatic heterocycles. The number of rotatable bonds is 9. The predicted molar refractivity (Wildman–Crippen MR) is 99.8 cm³/mol. The number of amides is 1. The van der Waals surface area contributed by atoms with Crippen molar-refractivity contribution in [1.82, 2.24) is 4.90 Å². The monoisotopic (exact) mass is 360 g/mol. The molecule has 0 saturated heterocycles. The fourth-order valence-corrected chi connectivity index (χ4v) is 2.59. The number of hydrogen-bond acceptors (Lipinski definition) is 4. The summed E-state index contributed by atoms with van der Waals surface area (Å²) >= 11 is 0. The molecule has 0 bridgehead atoms. The molecule has 2 rings (SSSR count). The summed E-state index contributed by atoms with van der Waals surface area (Å²) in [6.45, 7) is 2.54. The van der Waals surface area contributed by atoms with Crippen molar-refractivity contribution >= 4 is 11.6 Å². The quantitative estimate of drug-likeness (QED) is 0.722. The van der Waals surface area contributed by atoms with Gasteiger partial charge in [0.25, 0.3) is 0 Å². The fraction of sp³-hybridized carbons (Fsp3) is 0.350. The van der Waals surface area contributed by atoms with E-state index in [0.717, 1.165) is 17.7 Å². The summed E-state index contributed by atoms with van der Waals surface area (Å²) in [4.78, 5) is 13.9. The number of carbonyl (C=O) groups excluding carboxylic acids is 1. The molecule has 1 amide bonds. The van der Waals surface area contributed by atoms with Crippen molar-refractivity contribution in [2.24, 2.45) is 0 Å².